The summed E-state index contributed by atoms with van der Waals surface area (Å²) in [6, 6.07) is 8.98. The maximum absolute atomic E-state index is 12.3. The second kappa shape index (κ2) is 7.31. The molecular formula is C15H11BrCl2N4OS. The van der Waals surface area contributed by atoms with Crippen LogP contribution in [0.3, 0.4) is 0 Å². The molecule has 0 aliphatic rings. The molecule has 2 heterocycles. The van der Waals surface area contributed by atoms with E-state index in [0.29, 0.717) is 20.8 Å². The van der Waals surface area contributed by atoms with Crippen molar-refractivity contribution in [3.63, 3.8) is 0 Å². The summed E-state index contributed by atoms with van der Waals surface area (Å²) < 4.78 is 2.63. The summed E-state index contributed by atoms with van der Waals surface area (Å²) in [7, 11) is 0. The van der Waals surface area contributed by atoms with Gasteiger partial charge >= 0.3 is 0 Å². The van der Waals surface area contributed by atoms with E-state index in [4.69, 9.17) is 23.2 Å². The number of thioether (sulfide) groups is 1. The monoisotopic (exact) mass is 444 g/mol. The van der Waals surface area contributed by atoms with Gasteiger partial charge in [-0.05, 0) is 37.3 Å². The van der Waals surface area contributed by atoms with Crippen molar-refractivity contribution in [1.29, 1.82) is 0 Å². The first-order valence-corrected chi connectivity index (χ1v) is 9.30. The lowest BCUT2D eigenvalue weighted by molar-refractivity contribution is -0.115. The number of carbonyl (C=O) groups is 1. The van der Waals surface area contributed by atoms with E-state index in [1.807, 2.05) is 24.3 Å². The molecule has 0 fully saturated rings. The summed E-state index contributed by atoms with van der Waals surface area (Å²) in [4.78, 5) is 12.3. The van der Waals surface area contributed by atoms with E-state index in [0.717, 1.165) is 10.2 Å². The van der Waals surface area contributed by atoms with Crippen molar-refractivity contribution >= 4 is 68.1 Å². The molecule has 3 aromatic rings. The molecule has 0 radical (unpaired) electrons. The number of halogens is 3. The molecule has 5 nitrogen and oxygen atoms in total. The summed E-state index contributed by atoms with van der Waals surface area (Å²) in [6.07, 6.45) is 1.67. The number of nitrogens with one attached hydrogen (secondary N) is 1. The molecule has 1 atom stereocenters. The summed E-state index contributed by atoms with van der Waals surface area (Å²) in [5.74, 6) is -0.132. The highest BCUT2D eigenvalue weighted by molar-refractivity contribution is 9.10. The second-order valence-electron chi connectivity index (χ2n) is 4.94. The lowest BCUT2D eigenvalue weighted by atomic mass is 10.3. The molecule has 0 saturated carbocycles. The van der Waals surface area contributed by atoms with E-state index >= 15 is 0 Å². The van der Waals surface area contributed by atoms with Crippen molar-refractivity contribution in [2.45, 2.75) is 17.3 Å². The van der Waals surface area contributed by atoms with Gasteiger partial charge in [0.05, 0.1) is 15.3 Å². The quantitative estimate of drug-likeness (QED) is 0.579. The molecule has 2 aromatic heterocycles. The smallest absolute Gasteiger partial charge is 0.237 e. The van der Waals surface area contributed by atoms with Crippen LogP contribution in [0.15, 0.2) is 46.2 Å². The molecular weight excluding hydrogens is 435 g/mol. The van der Waals surface area contributed by atoms with Gasteiger partial charge in [0, 0.05) is 16.4 Å². The molecule has 1 amide bonds. The summed E-state index contributed by atoms with van der Waals surface area (Å²) in [6.45, 7) is 1.80. The van der Waals surface area contributed by atoms with Crippen molar-refractivity contribution < 1.29 is 4.79 Å². The van der Waals surface area contributed by atoms with Crippen LogP contribution >= 0.6 is 50.9 Å². The maximum atomic E-state index is 12.3. The summed E-state index contributed by atoms with van der Waals surface area (Å²) in [5.41, 5.74) is 1.23. The van der Waals surface area contributed by atoms with E-state index in [2.05, 4.69) is 31.4 Å². The van der Waals surface area contributed by atoms with E-state index in [1.165, 1.54) is 11.8 Å². The average Bonchev–Trinajstić information content (AvgIpc) is 2.92. The Balaban J connectivity index is 1.75. The Hall–Kier alpha value is -1.28. The molecule has 0 aliphatic heterocycles. The predicted octanol–water partition coefficient (Wildman–Crippen LogP) is 4.92. The highest BCUT2D eigenvalue weighted by Crippen LogP contribution is 2.28. The van der Waals surface area contributed by atoms with Gasteiger partial charge in [0.25, 0.3) is 0 Å². The topological polar surface area (TPSA) is 59.3 Å². The zero-order chi connectivity index (χ0) is 17.3. The van der Waals surface area contributed by atoms with Gasteiger partial charge < -0.3 is 5.32 Å². The average molecular weight is 446 g/mol. The van der Waals surface area contributed by atoms with Crippen LogP contribution < -0.4 is 5.32 Å². The molecule has 0 spiro atoms. The third kappa shape index (κ3) is 3.85. The molecule has 0 saturated heterocycles. The SMILES string of the molecule is CC(Sc1nnc2c(Cl)cc(Cl)cn12)C(=O)Nc1ccc(Br)cc1. The zero-order valence-electron chi connectivity index (χ0n) is 12.3. The Kier molecular flexibility index (Phi) is 5.34. The van der Waals surface area contributed by atoms with Gasteiger partial charge in [-0.3, -0.25) is 9.20 Å². The Morgan fingerprint density at radius 3 is 2.71 bits per heavy atom. The Labute approximate surface area is 160 Å². The first kappa shape index (κ1) is 17.5. The summed E-state index contributed by atoms with van der Waals surface area (Å²) in [5, 5.41) is 12.0. The number of rotatable bonds is 4. The second-order valence-corrected chi connectivity index (χ2v) is 8.01. The number of nitrogens with zero attached hydrogens (tertiary/aromatic N) is 3. The number of carbonyl (C=O) groups excluding carboxylic acids is 1. The molecule has 3 rings (SSSR count). The van der Waals surface area contributed by atoms with Gasteiger partial charge in [-0.1, -0.05) is 50.9 Å². The molecule has 124 valence electrons. The largest absolute Gasteiger partial charge is 0.325 e. The van der Waals surface area contributed by atoms with E-state index in [1.54, 1.807) is 23.6 Å². The van der Waals surface area contributed by atoms with Gasteiger partial charge in [0.2, 0.25) is 5.91 Å². The molecule has 1 unspecified atom stereocenters. The van der Waals surface area contributed by atoms with Crippen LogP contribution in [0, 0.1) is 0 Å². The number of amides is 1. The molecule has 1 N–H and O–H groups in total. The van der Waals surface area contributed by atoms with Crippen LogP contribution in [0.1, 0.15) is 6.92 Å². The highest BCUT2D eigenvalue weighted by atomic mass is 79.9. The van der Waals surface area contributed by atoms with Gasteiger partial charge in [-0.15, -0.1) is 10.2 Å². The molecule has 1 aromatic carbocycles. The van der Waals surface area contributed by atoms with Crippen molar-refractivity contribution in [3.05, 3.63) is 51.0 Å². The van der Waals surface area contributed by atoms with Crippen LogP contribution in [0.4, 0.5) is 5.69 Å². The van der Waals surface area contributed by atoms with Crippen molar-refractivity contribution in [3.8, 4) is 0 Å². The maximum Gasteiger partial charge on any atom is 0.237 e. The van der Waals surface area contributed by atoms with Crippen LogP contribution in [0.25, 0.3) is 5.65 Å². The lowest BCUT2D eigenvalue weighted by Gasteiger charge is -2.11. The third-order valence-electron chi connectivity index (χ3n) is 3.16. The first-order chi connectivity index (χ1) is 11.4. The molecule has 0 bridgehead atoms. The minimum absolute atomic E-state index is 0.132. The third-order valence-corrected chi connectivity index (χ3v) is 5.23. The Morgan fingerprint density at radius 2 is 2.00 bits per heavy atom. The van der Waals surface area contributed by atoms with E-state index < -0.39 is 0 Å². The Morgan fingerprint density at radius 1 is 1.29 bits per heavy atom. The van der Waals surface area contributed by atoms with Crippen LogP contribution in [-0.2, 0) is 4.79 Å². The standard InChI is InChI=1S/C15H11BrCl2N4OS/c1-8(14(23)19-11-4-2-9(16)3-5-11)24-15-21-20-13-12(18)6-10(17)7-22(13)15/h2-8H,1H3,(H,19,23). The van der Waals surface area contributed by atoms with Crippen LogP contribution in [-0.4, -0.2) is 25.8 Å². The van der Waals surface area contributed by atoms with Gasteiger partial charge in [-0.25, -0.2) is 0 Å². The van der Waals surface area contributed by atoms with Crippen molar-refractivity contribution in [2.24, 2.45) is 0 Å². The lowest BCUT2D eigenvalue weighted by Crippen LogP contribution is -2.22. The normalized spacial score (nSPS) is 12.3. The molecule has 24 heavy (non-hydrogen) atoms. The fourth-order valence-corrected chi connectivity index (χ4v) is 3.57. The molecule has 0 aliphatic carbocycles. The minimum Gasteiger partial charge on any atom is -0.325 e. The summed E-state index contributed by atoms with van der Waals surface area (Å²) >= 11 is 16.8. The number of benzene rings is 1. The molecule has 9 heteroatoms. The van der Waals surface area contributed by atoms with Gasteiger partial charge in [0.15, 0.2) is 10.8 Å². The van der Waals surface area contributed by atoms with Crippen molar-refractivity contribution in [2.75, 3.05) is 5.32 Å². The van der Waals surface area contributed by atoms with Crippen molar-refractivity contribution in [1.82, 2.24) is 14.6 Å². The highest BCUT2D eigenvalue weighted by Gasteiger charge is 2.19. The number of fused-ring (bicyclic) bond motifs is 1. The first-order valence-electron chi connectivity index (χ1n) is 6.87. The number of aromatic nitrogens is 3. The number of hydrogen-bond donors (Lipinski definition) is 1. The van der Waals surface area contributed by atoms with Gasteiger partial charge in [0.1, 0.15) is 0 Å². The Bertz CT molecular complexity index is 900. The van der Waals surface area contributed by atoms with E-state index in [9.17, 15) is 4.79 Å². The minimum atomic E-state index is -0.376. The number of pyridine rings is 1. The zero-order valence-corrected chi connectivity index (χ0v) is 16.2. The van der Waals surface area contributed by atoms with Crippen LogP contribution in [0.2, 0.25) is 10.0 Å². The van der Waals surface area contributed by atoms with Gasteiger partial charge in [-0.2, -0.15) is 0 Å². The fourth-order valence-electron chi connectivity index (χ4n) is 1.97. The predicted molar refractivity (Wildman–Crippen MR) is 101 cm³/mol. The fraction of sp³-hybridized carbons (Fsp3) is 0.133. The number of hydrogen-bond acceptors (Lipinski definition) is 4. The number of anilines is 1. The van der Waals surface area contributed by atoms with Crippen LogP contribution in [0.5, 0.6) is 0 Å². The van der Waals surface area contributed by atoms with E-state index in [-0.39, 0.29) is 11.2 Å².